The summed E-state index contributed by atoms with van der Waals surface area (Å²) in [6, 6.07) is 5.50. The first kappa shape index (κ1) is 18.0. The summed E-state index contributed by atoms with van der Waals surface area (Å²) >= 11 is 0. The van der Waals surface area contributed by atoms with Crippen LogP contribution >= 0.6 is 0 Å². The second-order valence-electron chi connectivity index (χ2n) is 6.70. The van der Waals surface area contributed by atoms with Crippen LogP contribution in [0.4, 0.5) is 0 Å². The molecule has 4 nitrogen and oxygen atoms in total. The number of hydrogen-bond donors (Lipinski definition) is 1. The van der Waals surface area contributed by atoms with Crippen molar-refractivity contribution in [2.75, 3.05) is 6.61 Å². The highest BCUT2D eigenvalue weighted by Gasteiger charge is 2.19. The second-order valence-corrected chi connectivity index (χ2v) is 6.70. The third-order valence-corrected chi connectivity index (χ3v) is 3.06. The van der Waals surface area contributed by atoms with Gasteiger partial charge in [0.1, 0.15) is 5.75 Å². The maximum atomic E-state index is 12.3. The van der Waals surface area contributed by atoms with Gasteiger partial charge in [0.25, 0.3) is 0 Å². The van der Waals surface area contributed by atoms with Gasteiger partial charge in [0, 0.05) is 6.08 Å². The first-order valence-corrected chi connectivity index (χ1v) is 7.34. The molecule has 0 saturated carbocycles. The summed E-state index contributed by atoms with van der Waals surface area (Å²) in [4.78, 5) is 22.9. The molecule has 1 N–H and O–H groups in total. The molecule has 1 aromatic rings. The molecule has 22 heavy (non-hydrogen) atoms. The number of rotatable bonds is 6. The maximum Gasteiger partial charge on any atom is 0.328 e. The van der Waals surface area contributed by atoms with E-state index in [1.165, 1.54) is 0 Å². The van der Waals surface area contributed by atoms with Gasteiger partial charge < -0.3 is 9.84 Å². The van der Waals surface area contributed by atoms with Gasteiger partial charge in [-0.3, -0.25) is 4.79 Å². The molecule has 0 unspecified atom stereocenters. The number of carboxylic acids is 1. The summed E-state index contributed by atoms with van der Waals surface area (Å²) in [6.45, 7) is 10.7. The number of ketones is 1. The van der Waals surface area contributed by atoms with Crippen LogP contribution < -0.4 is 4.74 Å². The van der Waals surface area contributed by atoms with Crippen LogP contribution in [0.2, 0.25) is 0 Å². The zero-order valence-corrected chi connectivity index (χ0v) is 13.8. The van der Waals surface area contributed by atoms with Crippen molar-refractivity contribution < 1.29 is 19.4 Å². The molecular weight excluding hydrogens is 280 g/mol. The van der Waals surface area contributed by atoms with E-state index in [2.05, 4.69) is 20.8 Å². The molecule has 120 valence electrons. The molecule has 1 rings (SSSR count). The number of carboxylic acid groups (broad SMARTS) is 1. The lowest BCUT2D eigenvalue weighted by Gasteiger charge is -2.21. The van der Waals surface area contributed by atoms with Crippen LogP contribution in [0.1, 0.15) is 50.5 Å². The normalized spacial score (nSPS) is 11.9. The van der Waals surface area contributed by atoms with Gasteiger partial charge in [-0.1, -0.05) is 40.7 Å². The van der Waals surface area contributed by atoms with E-state index in [4.69, 9.17) is 9.84 Å². The molecule has 0 aliphatic rings. The lowest BCUT2D eigenvalue weighted by molar-refractivity contribution is -0.131. The lowest BCUT2D eigenvalue weighted by Crippen LogP contribution is -2.14. The first-order chi connectivity index (χ1) is 10.1. The summed E-state index contributed by atoms with van der Waals surface area (Å²) in [5.41, 5.74) is 1.28. The van der Waals surface area contributed by atoms with Gasteiger partial charge in [0.15, 0.2) is 5.78 Å². The van der Waals surface area contributed by atoms with E-state index in [9.17, 15) is 9.59 Å². The van der Waals surface area contributed by atoms with Gasteiger partial charge in [0.05, 0.1) is 12.2 Å². The minimum atomic E-state index is -1.15. The smallest absolute Gasteiger partial charge is 0.328 e. The van der Waals surface area contributed by atoms with Crippen molar-refractivity contribution in [2.24, 2.45) is 5.92 Å². The van der Waals surface area contributed by atoms with Gasteiger partial charge >= 0.3 is 5.97 Å². The fraction of sp³-hybridized carbons (Fsp3) is 0.444. The Hall–Kier alpha value is -2.10. The Bertz CT molecular complexity index is 577. The number of benzene rings is 1. The van der Waals surface area contributed by atoms with Gasteiger partial charge in [0.2, 0.25) is 0 Å². The molecule has 0 spiro atoms. The van der Waals surface area contributed by atoms with Crippen LogP contribution in [0.25, 0.3) is 0 Å². The van der Waals surface area contributed by atoms with Crippen molar-refractivity contribution in [3.05, 3.63) is 41.5 Å². The van der Waals surface area contributed by atoms with E-state index < -0.39 is 5.97 Å². The number of carbonyl (C=O) groups is 2. The predicted octanol–water partition coefficient (Wildman–Crippen LogP) is 3.84. The molecule has 4 heteroatoms. The van der Waals surface area contributed by atoms with Crippen molar-refractivity contribution in [3.8, 4) is 5.75 Å². The molecule has 0 radical (unpaired) electrons. The molecule has 0 bridgehead atoms. The fourth-order valence-corrected chi connectivity index (χ4v) is 1.81. The average molecular weight is 304 g/mol. The summed E-state index contributed by atoms with van der Waals surface area (Å²) < 4.78 is 5.69. The third-order valence-electron chi connectivity index (χ3n) is 3.06. The number of hydrogen-bond acceptors (Lipinski definition) is 3. The Balaban J connectivity index is 3.21. The molecule has 0 aliphatic heterocycles. The van der Waals surface area contributed by atoms with E-state index in [0.717, 1.165) is 17.7 Å². The highest BCUT2D eigenvalue weighted by Crippen LogP contribution is 2.29. The molecule has 0 heterocycles. The Morgan fingerprint density at radius 1 is 1.23 bits per heavy atom. The molecular formula is C18H24O4. The lowest BCUT2D eigenvalue weighted by atomic mass is 9.85. The van der Waals surface area contributed by atoms with Crippen LogP contribution in [0.3, 0.4) is 0 Å². The Kier molecular flexibility index (Phi) is 5.92. The SMILES string of the molecule is CC(C)COc1ccc(C(C)(C)C)cc1C(=O)/C=C/C(=O)O. The minimum absolute atomic E-state index is 0.109. The van der Waals surface area contributed by atoms with Crippen molar-refractivity contribution in [3.63, 3.8) is 0 Å². The van der Waals surface area contributed by atoms with Gasteiger partial charge in [-0.2, -0.15) is 0 Å². The molecule has 0 atom stereocenters. The Morgan fingerprint density at radius 2 is 1.86 bits per heavy atom. The standard InChI is InChI=1S/C18H24O4/c1-12(2)11-22-16-8-6-13(18(3,4)5)10-14(16)15(19)7-9-17(20)21/h6-10,12H,11H2,1-5H3,(H,20,21)/b9-7+. The number of aliphatic carboxylic acids is 1. The van der Waals surface area contributed by atoms with Gasteiger partial charge in [-0.25, -0.2) is 4.79 Å². The number of allylic oxidation sites excluding steroid dienone is 1. The van der Waals surface area contributed by atoms with Crippen LogP contribution in [0.5, 0.6) is 5.75 Å². The van der Waals surface area contributed by atoms with E-state index in [1.54, 1.807) is 12.1 Å². The molecule has 0 saturated heterocycles. The van der Waals surface area contributed by atoms with E-state index >= 15 is 0 Å². The predicted molar refractivity (Wildman–Crippen MR) is 86.6 cm³/mol. The van der Waals surface area contributed by atoms with Crippen LogP contribution in [0.15, 0.2) is 30.4 Å². The molecule has 0 aromatic heterocycles. The Morgan fingerprint density at radius 3 is 2.36 bits per heavy atom. The molecule has 0 amide bonds. The Labute approximate surface area is 131 Å². The van der Waals surface area contributed by atoms with Crippen molar-refractivity contribution in [1.82, 2.24) is 0 Å². The number of carbonyl (C=O) groups excluding carboxylic acids is 1. The van der Waals surface area contributed by atoms with Crippen LogP contribution in [0, 0.1) is 5.92 Å². The summed E-state index contributed by atoms with van der Waals surface area (Å²) in [7, 11) is 0. The quantitative estimate of drug-likeness (QED) is 0.640. The van der Waals surface area contributed by atoms with Crippen molar-refractivity contribution in [2.45, 2.75) is 40.0 Å². The van der Waals surface area contributed by atoms with Crippen molar-refractivity contribution >= 4 is 11.8 Å². The second kappa shape index (κ2) is 7.25. The topological polar surface area (TPSA) is 63.6 Å². The zero-order valence-electron chi connectivity index (χ0n) is 13.8. The monoisotopic (exact) mass is 304 g/mol. The molecule has 1 aromatic carbocycles. The van der Waals surface area contributed by atoms with Crippen molar-refractivity contribution in [1.29, 1.82) is 0 Å². The average Bonchev–Trinajstić information content (AvgIpc) is 2.41. The fourth-order valence-electron chi connectivity index (χ4n) is 1.81. The summed E-state index contributed by atoms with van der Waals surface area (Å²) in [5, 5.41) is 8.67. The van der Waals surface area contributed by atoms with Gasteiger partial charge in [-0.05, 0) is 35.1 Å². The van der Waals surface area contributed by atoms with E-state index in [1.807, 2.05) is 19.9 Å². The highest BCUT2D eigenvalue weighted by atomic mass is 16.5. The summed E-state index contributed by atoms with van der Waals surface area (Å²) in [5.74, 6) is -0.696. The highest BCUT2D eigenvalue weighted by molar-refractivity contribution is 6.08. The van der Waals surface area contributed by atoms with E-state index in [0.29, 0.717) is 23.8 Å². The minimum Gasteiger partial charge on any atom is -0.493 e. The third kappa shape index (κ3) is 5.35. The summed E-state index contributed by atoms with van der Waals surface area (Å²) in [6.07, 6.45) is 1.91. The first-order valence-electron chi connectivity index (χ1n) is 7.34. The van der Waals surface area contributed by atoms with Crippen LogP contribution in [-0.2, 0) is 10.2 Å². The van der Waals surface area contributed by atoms with Crippen LogP contribution in [-0.4, -0.2) is 23.5 Å². The maximum absolute atomic E-state index is 12.3. The van der Waals surface area contributed by atoms with Gasteiger partial charge in [-0.15, -0.1) is 0 Å². The molecule has 0 fully saturated rings. The zero-order chi connectivity index (χ0) is 16.9. The number of ether oxygens (including phenoxy) is 1. The largest absolute Gasteiger partial charge is 0.493 e. The van der Waals surface area contributed by atoms with E-state index in [-0.39, 0.29) is 11.2 Å². The molecule has 0 aliphatic carbocycles.